The first-order chi connectivity index (χ1) is 17.1. The zero-order valence-electron chi connectivity index (χ0n) is 18.7. The molecular formula is C24H19F4N3O5. The van der Waals surface area contributed by atoms with Crippen LogP contribution in [0.5, 0.6) is 11.5 Å². The molecule has 0 fully saturated rings. The number of esters is 1. The van der Waals surface area contributed by atoms with Gasteiger partial charge in [0.1, 0.15) is 17.0 Å². The van der Waals surface area contributed by atoms with Crippen molar-refractivity contribution >= 4 is 17.7 Å². The summed E-state index contributed by atoms with van der Waals surface area (Å²) < 4.78 is 66.7. The van der Waals surface area contributed by atoms with Gasteiger partial charge < -0.3 is 24.8 Å². The van der Waals surface area contributed by atoms with E-state index >= 15 is 0 Å². The quantitative estimate of drug-likeness (QED) is 0.384. The third-order valence-electron chi connectivity index (χ3n) is 5.47. The van der Waals surface area contributed by atoms with Crippen LogP contribution in [0.25, 0.3) is 0 Å². The third-order valence-corrected chi connectivity index (χ3v) is 5.47. The van der Waals surface area contributed by atoms with Gasteiger partial charge in [0, 0.05) is 12.6 Å². The normalized spacial score (nSPS) is 16.8. The van der Waals surface area contributed by atoms with Gasteiger partial charge >= 0.3 is 18.4 Å². The van der Waals surface area contributed by atoms with Crippen LogP contribution in [0.1, 0.15) is 28.0 Å². The van der Waals surface area contributed by atoms with E-state index in [2.05, 4.69) is 20.4 Å². The molecule has 1 unspecified atom stereocenters. The number of fused-ring (bicyclic) bond motifs is 1. The molecule has 1 aliphatic heterocycles. The monoisotopic (exact) mass is 505 g/mol. The zero-order valence-corrected chi connectivity index (χ0v) is 18.7. The maximum atomic E-state index is 14.7. The number of rotatable bonds is 5. The van der Waals surface area contributed by atoms with Crippen molar-refractivity contribution in [2.75, 3.05) is 19.0 Å². The van der Waals surface area contributed by atoms with E-state index in [1.807, 2.05) is 0 Å². The number of halogens is 4. The van der Waals surface area contributed by atoms with Crippen molar-refractivity contribution in [1.29, 1.82) is 0 Å². The summed E-state index contributed by atoms with van der Waals surface area (Å²) in [7, 11) is 1.19. The largest absolute Gasteiger partial charge is 0.573 e. The maximum Gasteiger partial charge on any atom is 0.573 e. The minimum Gasteiger partial charge on any atom is -0.491 e. The fourth-order valence-electron chi connectivity index (χ4n) is 3.94. The van der Waals surface area contributed by atoms with Crippen LogP contribution >= 0.6 is 0 Å². The number of aromatic nitrogens is 1. The summed E-state index contributed by atoms with van der Waals surface area (Å²) in [6, 6.07) is 11.4. The van der Waals surface area contributed by atoms with Crippen LogP contribution in [0, 0.1) is 5.82 Å². The number of methoxy groups -OCH3 is 1. The second-order valence-electron chi connectivity index (χ2n) is 7.66. The second kappa shape index (κ2) is 9.72. The van der Waals surface area contributed by atoms with E-state index in [1.54, 1.807) is 24.3 Å². The number of alkyl halides is 3. The van der Waals surface area contributed by atoms with Crippen molar-refractivity contribution in [3.8, 4) is 11.5 Å². The number of hydrogen-bond acceptors (Lipinski definition) is 6. The van der Waals surface area contributed by atoms with Gasteiger partial charge in [-0.05, 0) is 42.0 Å². The molecule has 0 spiro atoms. The lowest BCUT2D eigenvalue weighted by Crippen LogP contribution is -2.51. The molecule has 2 N–H and O–H groups in total. The number of nitrogens with one attached hydrogen (secondary N) is 2. The Balaban J connectivity index is 1.74. The van der Waals surface area contributed by atoms with Crippen LogP contribution in [-0.4, -0.2) is 37.1 Å². The van der Waals surface area contributed by atoms with Crippen LogP contribution in [0.3, 0.4) is 0 Å². The Morgan fingerprint density at radius 3 is 2.61 bits per heavy atom. The van der Waals surface area contributed by atoms with E-state index in [1.165, 1.54) is 31.5 Å². The van der Waals surface area contributed by atoms with E-state index in [0.29, 0.717) is 5.75 Å². The van der Waals surface area contributed by atoms with Gasteiger partial charge in [-0.2, -0.15) is 0 Å². The number of hydrogen-bond donors (Lipinski definition) is 2. The molecule has 8 nitrogen and oxygen atoms in total. The fraction of sp³-hybridized carbons (Fsp3) is 0.208. The molecule has 36 heavy (non-hydrogen) atoms. The zero-order chi connectivity index (χ0) is 25.9. The number of carbonyl (C=O) groups excluding carboxylic acids is 2. The van der Waals surface area contributed by atoms with Gasteiger partial charge in [0.15, 0.2) is 11.6 Å². The summed E-state index contributed by atoms with van der Waals surface area (Å²) in [6.45, 7) is 0.0835. The molecule has 0 bridgehead atoms. The summed E-state index contributed by atoms with van der Waals surface area (Å²) in [5, 5.41) is 5.33. The Kier molecular flexibility index (Phi) is 6.69. The summed E-state index contributed by atoms with van der Waals surface area (Å²) in [6.07, 6.45) is -3.58. The van der Waals surface area contributed by atoms with E-state index in [9.17, 15) is 27.2 Å². The Hall–Kier alpha value is -4.35. The average molecular weight is 505 g/mol. The fourth-order valence-corrected chi connectivity index (χ4v) is 3.94. The molecule has 3 aromatic rings. The Bertz CT molecular complexity index is 1300. The second-order valence-corrected chi connectivity index (χ2v) is 7.66. The number of ether oxygens (including phenoxy) is 3. The lowest BCUT2D eigenvalue weighted by Gasteiger charge is -2.39. The van der Waals surface area contributed by atoms with Crippen molar-refractivity contribution in [3.63, 3.8) is 0 Å². The highest BCUT2D eigenvalue weighted by molar-refractivity contribution is 6.01. The standard InChI is InChI=1S/C24H19F4N3O5/c1-34-21(32)15-5-2-3-6-17(15)30-22(33)31-23(10-12-35-19-7-4-11-29-20(19)23)14-8-9-18(16(25)13-14)36-24(26,27)28/h2-9,11,13H,10,12H2,1H3,(H2,30,31,33). The number of amides is 2. The predicted octanol–water partition coefficient (Wildman–Crippen LogP) is 4.75. The molecule has 0 radical (unpaired) electrons. The molecule has 1 aromatic heterocycles. The summed E-state index contributed by atoms with van der Waals surface area (Å²) in [5.74, 6) is -2.69. The molecule has 2 heterocycles. The number of pyridine rings is 1. The van der Waals surface area contributed by atoms with E-state index in [-0.39, 0.29) is 35.5 Å². The van der Waals surface area contributed by atoms with Crippen molar-refractivity contribution < 1.29 is 41.4 Å². The first-order valence-corrected chi connectivity index (χ1v) is 10.5. The van der Waals surface area contributed by atoms with Crippen LogP contribution < -0.4 is 20.1 Å². The van der Waals surface area contributed by atoms with Gasteiger partial charge in [0.25, 0.3) is 0 Å². The Morgan fingerprint density at radius 2 is 1.89 bits per heavy atom. The molecule has 1 aliphatic rings. The van der Waals surface area contributed by atoms with Gasteiger partial charge in [-0.3, -0.25) is 4.98 Å². The number of benzene rings is 2. The summed E-state index contributed by atoms with van der Waals surface area (Å²) in [5.41, 5.74) is -0.929. The number of para-hydroxylation sites is 1. The molecular weight excluding hydrogens is 486 g/mol. The molecule has 2 aromatic carbocycles. The smallest absolute Gasteiger partial charge is 0.491 e. The van der Waals surface area contributed by atoms with Crippen molar-refractivity contribution in [2.24, 2.45) is 0 Å². The van der Waals surface area contributed by atoms with Gasteiger partial charge in [-0.15, -0.1) is 13.2 Å². The molecule has 0 aliphatic carbocycles. The minimum absolute atomic E-state index is 0.0714. The highest BCUT2D eigenvalue weighted by atomic mass is 19.4. The molecule has 0 saturated heterocycles. The van der Waals surface area contributed by atoms with Crippen LogP contribution in [-0.2, 0) is 10.3 Å². The lowest BCUT2D eigenvalue weighted by atomic mass is 9.81. The summed E-state index contributed by atoms with van der Waals surface area (Å²) >= 11 is 0. The number of urea groups is 1. The third kappa shape index (κ3) is 5.02. The van der Waals surface area contributed by atoms with Crippen molar-refractivity contribution in [1.82, 2.24) is 10.3 Å². The van der Waals surface area contributed by atoms with Gasteiger partial charge in [-0.25, -0.2) is 14.0 Å². The van der Waals surface area contributed by atoms with Gasteiger partial charge in [0.2, 0.25) is 0 Å². The van der Waals surface area contributed by atoms with Crippen molar-refractivity contribution in [3.05, 3.63) is 83.4 Å². The van der Waals surface area contributed by atoms with E-state index in [4.69, 9.17) is 9.47 Å². The number of nitrogens with zero attached hydrogens (tertiary/aromatic N) is 1. The van der Waals surface area contributed by atoms with Crippen LogP contribution in [0.4, 0.5) is 28.0 Å². The molecule has 12 heteroatoms. The highest BCUT2D eigenvalue weighted by Gasteiger charge is 2.43. The molecule has 2 amide bonds. The van der Waals surface area contributed by atoms with Crippen molar-refractivity contribution in [2.45, 2.75) is 18.3 Å². The van der Waals surface area contributed by atoms with Crippen LogP contribution in [0.2, 0.25) is 0 Å². The average Bonchev–Trinajstić information content (AvgIpc) is 2.84. The SMILES string of the molecule is COC(=O)c1ccccc1NC(=O)NC1(c2ccc(OC(F)(F)F)c(F)c2)CCOc2cccnc21. The maximum absolute atomic E-state index is 14.7. The van der Waals surface area contributed by atoms with Gasteiger partial charge in [-0.1, -0.05) is 18.2 Å². The molecule has 188 valence electrons. The Morgan fingerprint density at radius 1 is 1.11 bits per heavy atom. The topological polar surface area (TPSA) is 98.8 Å². The number of carbonyl (C=O) groups is 2. The predicted molar refractivity (Wildman–Crippen MR) is 118 cm³/mol. The van der Waals surface area contributed by atoms with E-state index in [0.717, 1.165) is 12.1 Å². The number of anilines is 1. The van der Waals surface area contributed by atoms with Crippen LogP contribution in [0.15, 0.2) is 60.8 Å². The molecule has 0 saturated carbocycles. The van der Waals surface area contributed by atoms with Gasteiger partial charge in [0.05, 0.1) is 25.0 Å². The first kappa shape index (κ1) is 24.8. The molecule has 4 rings (SSSR count). The highest BCUT2D eigenvalue weighted by Crippen LogP contribution is 2.42. The Labute approximate surface area is 202 Å². The van der Waals surface area contributed by atoms with E-state index < -0.39 is 35.5 Å². The lowest BCUT2D eigenvalue weighted by molar-refractivity contribution is -0.275. The summed E-state index contributed by atoms with van der Waals surface area (Å²) in [4.78, 5) is 29.5. The molecule has 1 atom stereocenters. The first-order valence-electron chi connectivity index (χ1n) is 10.5. The minimum atomic E-state index is -5.09.